The average Bonchev–Trinajstić information content (AvgIpc) is 2.24. The van der Waals surface area contributed by atoms with Crippen molar-refractivity contribution in [3.05, 3.63) is 28.2 Å². The molecule has 0 radical (unpaired) electrons. The van der Waals surface area contributed by atoms with Crippen molar-refractivity contribution >= 4 is 21.6 Å². The molecule has 0 aliphatic heterocycles. The number of hydrogen-bond donors (Lipinski definition) is 2. The van der Waals surface area contributed by atoms with Gasteiger partial charge in [0.2, 0.25) is 0 Å². The first-order chi connectivity index (χ1) is 8.33. The number of nitrogens with zero attached hydrogens (tertiary/aromatic N) is 1. The van der Waals surface area contributed by atoms with Crippen molar-refractivity contribution in [2.75, 3.05) is 11.9 Å². The van der Waals surface area contributed by atoms with Crippen LogP contribution >= 0.6 is 15.9 Å². The number of anilines is 1. The van der Waals surface area contributed by atoms with Crippen molar-refractivity contribution in [2.24, 2.45) is 5.41 Å². The van der Waals surface area contributed by atoms with Gasteiger partial charge in [-0.05, 0) is 39.9 Å². The summed E-state index contributed by atoms with van der Waals surface area (Å²) in [5.41, 5.74) is 1.41. The number of nitriles is 1. The quantitative estimate of drug-likeness (QED) is 0.894. The molecule has 1 aromatic rings. The fourth-order valence-corrected chi connectivity index (χ4v) is 2.25. The summed E-state index contributed by atoms with van der Waals surface area (Å²) in [6.07, 6.45) is 0.297. The minimum absolute atomic E-state index is 0.0937. The van der Waals surface area contributed by atoms with Crippen molar-refractivity contribution < 1.29 is 5.11 Å². The third-order valence-corrected chi connectivity index (χ3v) is 3.16. The van der Waals surface area contributed by atoms with Gasteiger partial charge in [-0.3, -0.25) is 0 Å². The lowest BCUT2D eigenvalue weighted by molar-refractivity contribution is 0.132. The molecule has 0 bridgehead atoms. The maximum atomic E-state index is 9.92. The molecule has 0 aromatic heterocycles. The van der Waals surface area contributed by atoms with Crippen LogP contribution in [0.3, 0.4) is 0 Å². The molecule has 0 spiro atoms. The molecule has 0 saturated heterocycles. The molecular formula is C14H19BrN2O. The van der Waals surface area contributed by atoms with E-state index in [9.17, 15) is 5.11 Å². The summed E-state index contributed by atoms with van der Waals surface area (Å²) < 4.78 is 0.764. The van der Waals surface area contributed by atoms with E-state index in [-0.39, 0.29) is 5.41 Å². The first-order valence-corrected chi connectivity index (χ1v) is 6.73. The van der Waals surface area contributed by atoms with Crippen LogP contribution in [0.2, 0.25) is 0 Å². The van der Waals surface area contributed by atoms with Gasteiger partial charge in [0.05, 0.1) is 17.4 Å². The average molecular weight is 311 g/mol. The lowest BCUT2D eigenvalue weighted by Gasteiger charge is -2.23. The Morgan fingerprint density at radius 1 is 1.44 bits per heavy atom. The predicted octanol–water partition coefficient (Wildman–Crippen LogP) is 3.53. The molecule has 0 fully saturated rings. The van der Waals surface area contributed by atoms with Gasteiger partial charge in [-0.2, -0.15) is 5.26 Å². The minimum atomic E-state index is -0.421. The van der Waals surface area contributed by atoms with Gasteiger partial charge >= 0.3 is 0 Å². The molecule has 2 N–H and O–H groups in total. The minimum Gasteiger partial charge on any atom is -0.391 e. The number of rotatable bonds is 4. The Kier molecular flexibility index (Phi) is 5.18. The fraction of sp³-hybridized carbons (Fsp3) is 0.500. The van der Waals surface area contributed by atoms with E-state index in [0.29, 0.717) is 12.1 Å². The molecule has 18 heavy (non-hydrogen) atoms. The maximum absolute atomic E-state index is 9.92. The largest absolute Gasteiger partial charge is 0.391 e. The number of aliphatic hydroxyl groups is 1. The van der Waals surface area contributed by atoms with Gasteiger partial charge in [0.1, 0.15) is 6.07 Å². The molecule has 1 atom stereocenters. The van der Waals surface area contributed by atoms with Crippen LogP contribution in [0.4, 0.5) is 5.69 Å². The van der Waals surface area contributed by atoms with Gasteiger partial charge < -0.3 is 10.4 Å². The lowest BCUT2D eigenvalue weighted by Crippen LogP contribution is -2.25. The van der Waals surface area contributed by atoms with Crippen LogP contribution in [0.5, 0.6) is 0 Å². The molecule has 4 heteroatoms. The molecule has 1 unspecified atom stereocenters. The van der Waals surface area contributed by atoms with E-state index in [1.165, 1.54) is 0 Å². The number of halogens is 1. The van der Waals surface area contributed by atoms with E-state index < -0.39 is 6.10 Å². The van der Waals surface area contributed by atoms with E-state index in [4.69, 9.17) is 5.26 Å². The van der Waals surface area contributed by atoms with E-state index in [1.54, 1.807) is 0 Å². The molecular weight excluding hydrogens is 292 g/mol. The molecule has 0 saturated carbocycles. The maximum Gasteiger partial charge on any atom is 0.103 e. The van der Waals surface area contributed by atoms with Gasteiger partial charge in [0.15, 0.2) is 0 Å². The predicted molar refractivity (Wildman–Crippen MR) is 77.4 cm³/mol. The van der Waals surface area contributed by atoms with Crippen molar-refractivity contribution in [1.29, 1.82) is 5.26 Å². The van der Waals surface area contributed by atoms with Crippen LogP contribution in [0.25, 0.3) is 0 Å². The smallest absolute Gasteiger partial charge is 0.103 e. The summed E-state index contributed by atoms with van der Waals surface area (Å²) in [4.78, 5) is 0. The fourth-order valence-electron chi connectivity index (χ4n) is 1.79. The van der Waals surface area contributed by atoms with Crippen LogP contribution in [0, 0.1) is 16.7 Å². The summed E-state index contributed by atoms with van der Waals surface area (Å²) >= 11 is 3.34. The third kappa shape index (κ3) is 4.67. The third-order valence-electron chi connectivity index (χ3n) is 2.50. The molecule has 98 valence electrons. The molecule has 0 heterocycles. The van der Waals surface area contributed by atoms with Crippen molar-refractivity contribution in [3.8, 4) is 6.07 Å². The Morgan fingerprint density at radius 3 is 2.67 bits per heavy atom. The second-order valence-electron chi connectivity index (χ2n) is 5.57. The van der Waals surface area contributed by atoms with E-state index >= 15 is 0 Å². The molecule has 1 rings (SSSR count). The summed E-state index contributed by atoms with van der Waals surface area (Å²) in [6.45, 7) is 6.73. The number of benzene rings is 1. The first-order valence-electron chi connectivity index (χ1n) is 5.94. The van der Waals surface area contributed by atoms with Gasteiger partial charge in [-0.25, -0.2) is 0 Å². The van der Waals surface area contributed by atoms with Crippen LogP contribution in [-0.4, -0.2) is 17.8 Å². The lowest BCUT2D eigenvalue weighted by atomic mass is 9.89. The number of hydrogen-bond acceptors (Lipinski definition) is 3. The zero-order valence-corrected chi connectivity index (χ0v) is 12.6. The molecule has 1 aromatic carbocycles. The van der Waals surface area contributed by atoms with Crippen molar-refractivity contribution in [3.63, 3.8) is 0 Å². The van der Waals surface area contributed by atoms with Gasteiger partial charge in [0, 0.05) is 11.0 Å². The van der Waals surface area contributed by atoms with E-state index in [2.05, 4.69) is 48.1 Å². The zero-order valence-electron chi connectivity index (χ0n) is 11.0. The van der Waals surface area contributed by atoms with Gasteiger partial charge in [-0.1, -0.05) is 26.8 Å². The topological polar surface area (TPSA) is 56.0 Å². The van der Waals surface area contributed by atoms with Crippen LogP contribution in [-0.2, 0) is 0 Å². The molecule has 0 aliphatic carbocycles. The monoisotopic (exact) mass is 310 g/mol. The summed E-state index contributed by atoms with van der Waals surface area (Å²) in [5, 5.41) is 22.1. The highest BCUT2D eigenvalue weighted by atomic mass is 79.9. The van der Waals surface area contributed by atoms with E-state index in [0.717, 1.165) is 16.6 Å². The SMILES string of the molecule is CC(C)(C)CC(O)CNc1cccc(Br)c1C#N. The number of nitrogens with one attached hydrogen (secondary N) is 1. The second kappa shape index (κ2) is 6.21. The standard InChI is InChI=1S/C14H19BrN2O/c1-14(2,3)7-10(18)9-17-13-6-4-5-12(15)11(13)8-16/h4-6,10,17-18H,7,9H2,1-3H3. The van der Waals surface area contributed by atoms with Crippen LogP contribution < -0.4 is 5.32 Å². The zero-order chi connectivity index (χ0) is 13.8. The van der Waals surface area contributed by atoms with Crippen molar-refractivity contribution in [1.82, 2.24) is 0 Å². The van der Waals surface area contributed by atoms with Crippen molar-refractivity contribution in [2.45, 2.75) is 33.3 Å². The Labute approximate surface area is 117 Å². The molecule has 3 nitrogen and oxygen atoms in total. The summed E-state index contributed by atoms with van der Waals surface area (Å²) in [5.74, 6) is 0. The van der Waals surface area contributed by atoms with Crippen LogP contribution in [0.15, 0.2) is 22.7 Å². The molecule has 0 amide bonds. The number of aliphatic hydroxyl groups excluding tert-OH is 1. The summed E-state index contributed by atoms with van der Waals surface area (Å²) in [6, 6.07) is 7.68. The highest BCUT2D eigenvalue weighted by Gasteiger charge is 2.17. The Hall–Kier alpha value is -1.05. The Balaban J connectivity index is 2.65. The first kappa shape index (κ1) is 15.0. The molecule has 0 aliphatic rings. The summed E-state index contributed by atoms with van der Waals surface area (Å²) in [7, 11) is 0. The Morgan fingerprint density at radius 2 is 2.11 bits per heavy atom. The second-order valence-corrected chi connectivity index (χ2v) is 6.43. The Bertz CT molecular complexity index is 446. The van der Waals surface area contributed by atoms with Gasteiger partial charge in [-0.15, -0.1) is 0 Å². The normalized spacial score (nSPS) is 12.9. The highest BCUT2D eigenvalue weighted by molar-refractivity contribution is 9.10. The van der Waals surface area contributed by atoms with Crippen LogP contribution in [0.1, 0.15) is 32.8 Å². The van der Waals surface area contributed by atoms with Gasteiger partial charge in [0.25, 0.3) is 0 Å². The van der Waals surface area contributed by atoms with E-state index in [1.807, 2.05) is 18.2 Å². The highest BCUT2D eigenvalue weighted by Crippen LogP contribution is 2.25.